The van der Waals surface area contributed by atoms with Crippen LogP contribution in [0, 0.1) is 5.82 Å². The van der Waals surface area contributed by atoms with Crippen molar-refractivity contribution in [1.82, 2.24) is 20.3 Å². The van der Waals surface area contributed by atoms with Crippen LogP contribution in [0.4, 0.5) is 4.39 Å². The van der Waals surface area contributed by atoms with E-state index in [1.54, 1.807) is 18.2 Å². The van der Waals surface area contributed by atoms with Crippen molar-refractivity contribution in [2.45, 2.75) is 18.4 Å². The van der Waals surface area contributed by atoms with Crippen molar-refractivity contribution in [3.8, 4) is 0 Å². The number of guanidine groups is 1. The predicted molar refractivity (Wildman–Crippen MR) is 98.6 cm³/mol. The highest BCUT2D eigenvalue weighted by Crippen LogP contribution is 2.05. The molecule has 0 aliphatic carbocycles. The maximum atomic E-state index is 12.9. The van der Waals surface area contributed by atoms with Crippen LogP contribution in [-0.4, -0.2) is 39.0 Å². The second-order valence-corrected chi connectivity index (χ2v) is 7.10. The van der Waals surface area contributed by atoms with Crippen LogP contribution >= 0.6 is 0 Å². The molecule has 0 aliphatic heterocycles. The molecule has 0 unspecified atom stereocenters. The molecule has 0 saturated heterocycles. The summed E-state index contributed by atoms with van der Waals surface area (Å²) >= 11 is 0. The Bertz CT molecular complexity index is 811. The second-order valence-electron chi connectivity index (χ2n) is 5.33. The summed E-state index contributed by atoms with van der Waals surface area (Å²) in [5, 5.41) is 6.12. The standard InChI is InChI=1S/C17H22FN5O2S/c1-2-20-17(22-12-14-5-7-15(18)8-6-14)21-10-11-23-26(24,25)16-4-3-9-19-13-16/h3-9,13,23H,2,10-12H2,1H3,(H2,20,21,22). The summed E-state index contributed by atoms with van der Waals surface area (Å²) in [6.07, 6.45) is 2.81. The zero-order valence-corrected chi connectivity index (χ0v) is 15.3. The van der Waals surface area contributed by atoms with Gasteiger partial charge in [0.15, 0.2) is 5.96 Å². The number of pyridine rings is 1. The molecule has 0 bridgehead atoms. The Balaban J connectivity index is 1.84. The number of hydrogen-bond donors (Lipinski definition) is 3. The highest BCUT2D eigenvalue weighted by Gasteiger charge is 2.12. The fraction of sp³-hybridized carbons (Fsp3) is 0.294. The number of aromatic nitrogens is 1. The van der Waals surface area contributed by atoms with E-state index < -0.39 is 10.0 Å². The summed E-state index contributed by atoms with van der Waals surface area (Å²) in [7, 11) is -3.58. The van der Waals surface area contributed by atoms with Crippen LogP contribution < -0.4 is 15.4 Å². The molecule has 2 rings (SSSR count). The zero-order valence-electron chi connectivity index (χ0n) is 14.4. The number of aliphatic imine (C=N–C) groups is 1. The van der Waals surface area contributed by atoms with Crippen molar-refractivity contribution in [2.75, 3.05) is 19.6 Å². The normalized spacial score (nSPS) is 12.0. The van der Waals surface area contributed by atoms with Crippen molar-refractivity contribution in [1.29, 1.82) is 0 Å². The average Bonchev–Trinajstić information content (AvgIpc) is 2.65. The quantitative estimate of drug-likeness (QED) is 0.365. The molecule has 0 radical (unpaired) electrons. The summed E-state index contributed by atoms with van der Waals surface area (Å²) in [6.45, 7) is 3.53. The molecule has 140 valence electrons. The van der Waals surface area contributed by atoms with E-state index in [4.69, 9.17) is 0 Å². The highest BCUT2D eigenvalue weighted by atomic mass is 32.2. The topological polar surface area (TPSA) is 95.5 Å². The number of benzene rings is 1. The Morgan fingerprint density at radius 2 is 1.92 bits per heavy atom. The number of nitrogens with zero attached hydrogens (tertiary/aromatic N) is 2. The van der Waals surface area contributed by atoms with Crippen LogP contribution in [0.2, 0.25) is 0 Å². The lowest BCUT2D eigenvalue weighted by Crippen LogP contribution is -2.41. The van der Waals surface area contributed by atoms with Gasteiger partial charge in [0.25, 0.3) is 0 Å². The van der Waals surface area contributed by atoms with Gasteiger partial charge in [-0.2, -0.15) is 0 Å². The largest absolute Gasteiger partial charge is 0.357 e. The third-order valence-electron chi connectivity index (χ3n) is 3.33. The molecule has 26 heavy (non-hydrogen) atoms. The summed E-state index contributed by atoms with van der Waals surface area (Å²) in [6, 6.07) is 9.17. The maximum absolute atomic E-state index is 12.9. The zero-order chi connectivity index (χ0) is 18.8. The minimum absolute atomic E-state index is 0.122. The minimum atomic E-state index is -3.58. The molecule has 0 amide bonds. The van der Waals surface area contributed by atoms with Gasteiger partial charge in [0.2, 0.25) is 10.0 Å². The summed E-state index contributed by atoms with van der Waals surface area (Å²) < 4.78 is 39.6. The maximum Gasteiger partial charge on any atom is 0.242 e. The molecule has 2 aromatic rings. The predicted octanol–water partition coefficient (Wildman–Crippen LogP) is 1.25. The highest BCUT2D eigenvalue weighted by molar-refractivity contribution is 7.89. The van der Waals surface area contributed by atoms with E-state index in [9.17, 15) is 12.8 Å². The first-order valence-electron chi connectivity index (χ1n) is 8.17. The lowest BCUT2D eigenvalue weighted by molar-refractivity contribution is 0.580. The fourth-order valence-electron chi connectivity index (χ4n) is 2.06. The molecular weight excluding hydrogens is 357 g/mol. The Morgan fingerprint density at radius 3 is 2.58 bits per heavy atom. The van der Waals surface area contributed by atoms with Gasteiger partial charge in [-0.3, -0.25) is 4.98 Å². The van der Waals surface area contributed by atoms with Crippen LogP contribution in [0.3, 0.4) is 0 Å². The number of nitrogens with one attached hydrogen (secondary N) is 3. The van der Waals surface area contributed by atoms with Crippen LogP contribution in [0.5, 0.6) is 0 Å². The van der Waals surface area contributed by atoms with Gasteiger partial charge in [-0.1, -0.05) is 12.1 Å². The molecule has 0 spiro atoms. The van der Waals surface area contributed by atoms with Gasteiger partial charge in [-0.15, -0.1) is 0 Å². The van der Waals surface area contributed by atoms with Crippen molar-refractivity contribution in [3.63, 3.8) is 0 Å². The lowest BCUT2D eigenvalue weighted by Gasteiger charge is -2.12. The first kappa shape index (κ1) is 19.8. The van der Waals surface area contributed by atoms with Crippen molar-refractivity contribution >= 4 is 16.0 Å². The van der Waals surface area contributed by atoms with Gasteiger partial charge in [-0.25, -0.2) is 22.5 Å². The average molecular weight is 379 g/mol. The molecule has 1 aromatic heterocycles. The van der Waals surface area contributed by atoms with E-state index in [0.29, 0.717) is 25.6 Å². The van der Waals surface area contributed by atoms with E-state index in [1.165, 1.54) is 30.6 Å². The van der Waals surface area contributed by atoms with Gasteiger partial charge in [0.05, 0.1) is 6.54 Å². The Morgan fingerprint density at radius 1 is 1.15 bits per heavy atom. The molecule has 0 saturated carbocycles. The summed E-state index contributed by atoms with van der Waals surface area (Å²) in [4.78, 5) is 8.32. The molecule has 1 heterocycles. The number of sulfonamides is 1. The van der Waals surface area contributed by atoms with Gasteiger partial charge >= 0.3 is 0 Å². The van der Waals surface area contributed by atoms with E-state index in [0.717, 1.165) is 5.56 Å². The van der Waals surface area contributed by atoms with Crippen molar-refractivity contribution < 1.29 is 12.8 Å². The fourth-order valence-corrected chi connectivity index (χ4v) is 3.05. The van der Waals surface area contributed by atoms with Gasteiger partial charge < -0.3 is 10.6 Å². The third kappa shape index (κ3) is 6.41. The molecule has 3 N–H and O–H groups in total. The summed E-state index contributed by atoms with van der Waals surface area (Å²) in [5.74, 6) is 0.265. The third-order valence-corrected chi connectivity index (χ3v) is 4.78. The summed E-state index contributed by atoms with van der Waals surface area (Å²) in [5.41, 5.74) is 0.876. The molecule has 0 fully saturated rings. The number of hydrogen-bond acceptors (Lipinski definition) is 4. The van der Waals surface area contributed by atoms with Gasteiger partial charge in [0.1, 0.15) is 10.7 Å². The Hall–Kier alpha value is -2.52. The first-order valence-corrected chi connectivity index (χ1v) is 9.66. The van der Waals surface area contributed by atoms with E-state index >= 15 is 0 Å². The van der Waals surface area contributed by atoms with E-state index in [-0.39, 0.29) is 17.3 Å². The van der Waals surface area contributed by atoms with Crippen LogP contribution in [0.15, 0.2) is 58.7 Å². The van der Waals surface area contributed by atoms with Gasteiger partial charge in [0, 0.05) is 32.0 Å². The molecule has 7 nitrogen and oxygen atoms in total. The lowest BCUT2D eigenvalue weighted by atomic mass is 10.2. The number of halogens is 1. The second kappa shape index (κ2) is 9.83. The van der Waals surface area contributed by atoms with Gasteiger partial charge in [-0.05, 0) is 36.8 Å². The number of rotatable bonds is 8. The molecule has 1 aromatic carbocycles. The van der Waals surface area contributed by atoms with Crippen molar-refractivity contribution in [2.24, 2.45) is 4.99 Å². The van der Waals surface area contributed by atoms with E-state index in [2.05, 4.69) is 25.3 Å². The molecular formula is C17H22FN5O2S. The monoisotopic (exact) mass is 379 g/mol. The first-order chi connectivity index (χ1) is 12.5. The molecule has 9 heteroatoms. The minimum Gasteiger partial charge on any atom is -0.357 e. The van der Waals surface area contributed by atoms with Crippen LogP contribution in [-0.2, 0) is 16.6 Å². The Kier molecular flexibility index (Phi) is 7.49. The van der Waals surface area contributed by atoms with E-state index in [1.807, 2.05) is 6.92 Å². The van der Waals surface area contributed by atoms with Crippen LogP contribution in [0.1, 0.15) is 12.5 Å². The van der Waals surface area contributed by atoms with Crippen LogP contribution in [0.25, 0.3) is 0 Å². The molecule has 0 aliphatic rings. The van der Waals surface area contributed by atoms with Crippen molar-refractivity contribution in [3.05, 3.63) is 60.2 Å². The Labute approximate surface area is 152 Å². The molecule has 0 atom stereocenters. The SMILES string of the molecule is CCNC(=NCc1ccc(F)cc1)NCCNS(=O)(=O)c1cccnc1. The smallest absolute Gasteiger partial charge is 0.242 e.